The van der Waals surface area contributed by atoms with Gasteiger partial charge in [-0.2, -0.15) is 9.40 Å². The van der Waals surface area contributed by atoms with Gasteiger partial charge in [0.05, 0.1) is 26.6 Å². The molecule has 1 fully saturated rings. The molecule has 0 spiro atoms. The molecule has 1 N–H and O–H groups in total. The molecule has 0 amide bonds. The van der Waals surface area contributed by atoms with Gasteiger partial charge in [-0.3, -0.25) is 5.10 Å². The molecule has 1 aromatic carbocycles. The molecule has 0 saturated carbocycles. The number of aromatic amines is 1. The van der Waals surface area contributed by atoms with Crippen molar-refractivity contribution in [3.05, 3.63) is 40.7 Å². The summed E-state index contributed by atoms with van der Waals surface area (Å²) in [7, 11) is -3.49. The largest absolute Gasteiger partial charge is 0.281 e. The van der Waals surface area contributed by atoms with Crippen LogP contribution in [0, 0.1) is 13.8 Å². The molecule has 2 aromatic heterocycles. The first kappa shape index (κ1) is 16.7. The Morgan fingerprint density at radius 1 is 1.20 bits per heavy atom. The lowest BCUT2D eigenvalue weighted by Crippen LogP contribution is -2.38. The van der Waals surface area contributed by atoms with Gasteiger partial charge in [0.15, 0.2) is 0 Å². The molecule has 0 radical (unpaired) electrons. The molecule has 1 aliphatic heterocycles. The van der Waals surface area contributed by atoms with Crippen LogP contribution in [0.5, 0.6) is 0 Å². The first-order valence-corrected chi connectivity index (χ1v) is 10.6. The fourth-order valence-electron chi connectivity index (χ4n) is 3.46. The zero-order chi connectivity index (χ0) is 17.6. The average molecular weight is 377 g/mol. The molecule has 8 heteroatoms. The van der Waals surface area contributed by atoms with E-state index in [1.165, 1.54) is 4.70 Å². The van der Waals surface area contributed by atoms with E-state index >= 15 is 0 Å². The second-order valence-electron chi connectivity index (χ2n) is 6.46. The molecular formula is C17H20N4O2S2. The molecular weight excluding hydrogens is 356 g/mol. The van der Waals surface area contributed by atoms with Gasteiger partial charge in [-0.1, -0.05) is 12.1 Å². The van der Waals surface area contributed by atoms with Gasteiger partial charge in [0.2, 0.25) is 10.0 Å². The van der Waals surface area contributed by atoms with Crippen molar-refractivity contribution >= 4 is 31.6 Å². The Labute approximate surface area is 150 Å². The lowest BCUT2D eigenvalue weighted by atomic mass is 9.99. The van der Waals surface area contributed by atoms with Gasteiger partial charge in [0.1, 0.15) is 4.90 Å². The van der Waals surface area contributed by atoms with Crippen molar-refractivity contribution in [1.29, 1.82) is 0 Å². The normalized spacial score (nSPS) is 17.4. The SMILES string of the molecule is Cc1n[nH]c(C)c1S(=O)(=O)N1CCC(c2nc3ccccc3s2)CC1. The summed E-state index contributed by atoms with van der Waals surface area (Å²) in [5, 5.41) is 7.91. The number of para-hydroxylation sites is 1. The minimum atomic E-state index is -3.49. The van der Waals surface area contributed by atoms with Gasteiger partial charge in [0, 0.05) is 19.0 Å². The van der Waals surface area contributed by atoms with E-state index < -0.39 is 10.0 Å². The van der Waals surface area contributed by atoms with Crippen LogP contribution in [0.15, 0.2) is 29.2 Å². The van der Waals surface area contributed by atoms with Gasteiger partial charge < -0.3 is 0 Å². The number of thiazole rings is 1. The minimum Gasteiger partial charge on any atom is -0.281 e. The van der Waals surface area contributed by atoms with Crippen LogP contribution < -0.4 is 0 Å². The lowest BCUT2D eigenvalue weighted by molar-refractivity contribution is 0.319. The Balaban J connectivity index is 1.53. The fraction of sp³-hybridized carbons (Fsp3) is 0.412. The molecule has 0 bridgehead atoms. The summed E-state index contributed by atoms with van der Waals surface area (Å²) in [6.07, 6.45) is 1.60. The maximum atomic E-state index is 12.9. The maximum Gasteiger partial charge on any atom is 0.246 e. The quantitative estimate of drug-likeness (QED) is 0.761. The highest BCUT2D eigenvalue weighted by molar-refractivity contribution is 7.89. The summed E-state index contributed by atoms with van der Waals surface area (Å²) >= 11 is 1.72. The van der Waals surface area contributed by atoms with Crippen molar-refractivity contribution in [2.75, 3.05) is 13.1 Å². The molecule has 1 saturated heterocycles. The summed E-state index contributed by atoms with van der Waals surface area (Å²) in [4.78, 5) is 5.06. The molecule has 0 unspecified atom stereocenters. The van der Waals surface area contributed by atoms with Crippen molar-refractivity contribution in [3.8, 4) is 0 Å². The topological polar surface area (TPSA) is 79.0 Å². The van der Waals surface area contributed by atoms with E-state index in [4.69, 9.17) is 4.98 Å². The van der Waals surface area contributed by atoms with Crippen LogP contribution in [0.25, 0.3) is 10.2 Å². The van der Waals surface area contributed by atoms with Crippen molar-refractivity contribution in [2.24, 2.45) is 0 Å². The number of aromatic nitrogens is 3. The number of nitrogens with one attached hydrogen (secondary N) is 1. The molecule has 6 nitrogen and oxygen atoms in total. The summed E-state index contributed by atoms with van der Waals surface area (Å²) in [6.45, 7) is 4.52. The second kappa shape index (κ2) is 6.19. The highest BCUT2D eigenvalue weighted by Gasteiger charge is 2.33. The van der Waals surface area contributed by atoms with E-state index in [0.717, 1.165) is 23.4 Å². The van der Waals surface area contributed by atoms with Crippen molar-refractivity contribution in [3.63, 3.8) is 0 Å². The number of hydrogen-bond donors (Lipinski definition) is 1. The van der Waals surface area contributed by atoms with Gasteiger partial charge >= 0.3 is 0 Å². The third kappa shape index (κ3) is 2.88. The average Bonchev–Trinajstić information content (AvgIpc) is 3.18. The number of piperidine rings is 1. The van der Waals surface area contributed by atoms with Crippen molar-refractivity contribution in [1.82, 2.24) is 19.5 Å². The zero-order valence-corrected chi connectivity index (χ0v) is 15.8. The minimum absolute atomic E-state index is 0.325. The number of H-pyrrole nitrogens is 1. The number of fused-ring (bicyclic) bond motifs is 1. The molecule has 4 rings (SSSR count). The first-order chi connectivity index (χ1) is 12.0. The standard InChI is InChI=1S/C17H20N4O2S2/c1-11-16(12(2)20-19-11)25(22,23)21-9-7-13(8-10-21)17-18-14-5-3-4-6-15(14)24-17/h3-6,13H,7-10H2,1-2H3,(H,19,20). The van der Waals surface area contributed by atoms with Crippen LogP contribution in [0.3, 0.4) is 0 Å². The van der Waals surface area contributed by atoms with E-state index in [1.807, 2.05) is 18.2 Å². The summed E-state index contributed by atoms with van der Waals surface area (Å²) in [6, 6.07) is 8.13. The van der Waals surface area contributed by atoms with Crippen LogP contribution in [0.2, 0.25) is 0 Å². The predicted molar refractivity (Wildman–Crippen MR) is 98.4 cm³/mol. The van der Waals surface area contributed by atoms with E-state index in [1.54, 1.807) is 29.5 Å². The van der Waals surface area contributed by atoms with E-state index in [0.29, 0.717) is 35.3 Å². The number of rotatable bonds is 3. The number of hydrogen-bond acceptors (Lipinski definition) is 5. The van der Waals surface area contributed by atoms with Gasteiger partial charge in [-0.25, -0.2) is 13.4 Å². The van der Waals surface area contributed by atoms with Gasteiger partial charge in [-0.05, 0) is 38.8 Å². The van der Waals surface area contributed by atoms with Crippen LogP contribution in [-0.4, -0.2) is 41.0 Å². The Morgan fingerprint density at radius 3 is 2.56 bits per heavy atom. The summed E-state index contributed by atoms with van der Waals surface area (Å²) in [5.74, 6) is 0.329. The van der Waals surface area contributed by atoms with Crippen LogP contribution in [0.1, 0.15) is 35.2 Å². The van der Waals surface area contributed by atoms with Gasteiger partial charge in [-0.15, -0.1) is 11.3 Å². The molecule has 25 heavy (non-hydrogen) atoms. The third-order valence-electron chi connectivity index (χ3n) is 4.77. The summed E-state index contributed by atoms with van der Waals surface area (Å²) < 4.78 is 28.6. The van der Waals surface area contributed by atoms with E-state index in [9.17, 15) is 8.42 Å². The third-order valence-corrected chi connectivity index (χ3v) is 8.13. The van der Waals surface area contributed by atoms with Crippen LogP contribution >= 0.6 is 11.3 Å². The number of nitrogens with zero attached hydrogens (tertiary/aromatic N) is 3. The van der Waals surface area contributed by atoms with E-state index in [-0.39, 0.29) is 0 Å². The number of aryl methyl sites for hydroxylation is 2. The Bertz CT molecular complexity index is 962. The second-order valence-corrected chi connectivity index (χ2v) is 9.40. The predicted octanol–water partition coefficient (Wildman–Crippen LogP) is 3.20. The molecule has 0 atom stereocenters. The summed E-state index contributed by atoms with van der Waals surface area (Å²) in [5.41, 5.74) is 2.17. The Kier molecular flexibility index (Phi) is 4.13. The highest BCUT2D eigenvalue weighted by Crippen LogP contribution is 2.35. The molecule has 3 aromatic rings. The Hall–Kier alpha value is -1.77. The highest BCUT2D eigenvalue weighted by atomic mass is 32.2. The zero-order valence-electron chi connectivity index (χ0n) is 14.2. The number of benzene rings is 1. The van der Waals surface area contributed by atoms with Crippen molar-refractivity contribution < 1.29 is 8.42 Å². The number of sulfonamides is 1. The molecule has 3 heterocycles. The monoisotopic (exact) mass is 376 g/mol. The van der Waals surface area contributed by atoms with Gasteiger partial charge in [0.25, 0.3) is 0 Å². The van der Waals surface area contributed by atoms with Crippen LogP contribution in [0.4, 0.5) is 0 Å². The first-order valence-electron chi connectivity index (χ1n) is 8.34. The van der Waals surface area contributed by atoms with Crippen LogP contribution in [-0.2, 0) is 10.0 Å². The van der Waals surface area contributed by atoms with E-state index in [2.05, 4.69) is 16.3 Å². The smallest absolute Gasteiger partial charge is 0.246 e. The molecule has 1 aliphatic rings. The van der Waals surface area contributed by atoms with Crippen molar-refractivity contribution in [2.45, 2.75) is 37.5 Å². The molecule has 132 valence electrons. The molecule has 0 aliphatic carbocycles. The Morgan fingerprint density at radius 2 is 1.92 bits per heavy atom. The lowest BCUT2D eigenvalue weighted by Gasteiger charge is -2.30. The fourth-order valence-corrected chi connectivity index (χ4v) is 6.40. The maximum absolute atomic E-state index is 12.9.